The average Bonchev–Trinajstić information content (AvgIpc) is 2.57. The van der Waals surface area contributed by atoms with Crippen LogP contribution in [0.3, 0.4) is 0 Å². The Morgan fingerprint density at radius 2 is 1.92 bits per heavy atom. The van der Waals surface area contributed by atoms with Crippen molar-refractivity contribution >= 4 is 29.0 Å². The minimum Gasteiger partial charge on any atom is -0.378 e. The van der Waals surface area contributed by atoms with Gasteiger partial charge < -0.3 is 15.5 Å². The van der Waals surface area contributed by atoms with Crippen LogP contribution in [0.1, 0.15) is 17.3 Å². The van der Waals surface area contributed by atoms with Gasteiger partial charge in [-0.1, -0.05) is 12.1 Å². The second-order valence-electron chi connectivity index (χ2n) is 5.32. The summed E-state index contributed by atoms with van der Waals surface area (Å²) in [6.45, 7) is 1.76. The van der Waals surface area contributed by atoms with Gasteiger partial charge in [0.05, 0.1) is 11.9 Å². The van der Waals surface area contributed by atoms with Crippen molar-refractivity contribution in [3.05, 3.63) is 60.3 Å². The van der Waals surface area contributed by atoms with E-state index in [4.69, 9.17) is 0 Å². The molecule has 2 N–H and O–H groups in total. The van der Waals surface area contributed by atoms with E-state index in [2.05, 4.69) is 15.6 Å². The maximum Gasteiger partial charge on any atom is 0.255 e. The van der Waals surface area contributed by atoms with E-state index in [1.54, 1.807) is 31.2 Å². The van der Waals surface area contributed by atoms with Crippen LogP contribution in [0.15, 0.2) is 54.7 Å². The van der Waals surface area contributed by atoms with Crippen LogP contribution >= 0.6 is 0 Å². The van der Waals surface area contributed by atoms with E-state index in [1.807, 2.05) is 37.2 Å². The van der Waals surface area contributed by atoms with Crippen molar-refractivity contribution in [2.75, 3.05) is 29.6 Å². The summed E-state index contributed by atoms with van der Waals surface area (Å²) in [4.78, 5) is 29.8. The number of carbonyl (C=O) groups is 2. The Hall–Kier alpha value is -3.15. The molecule has 2 aromatic rings. The fourth-order valence-electron chi connectivity index (χ4n) is 1.99. The van der Waals surface area contributed by atoms with Crippen molar-refractivity contribution in [1.29, 1.82) is 0 Å². The third kappa shape index (κ3) is 4.67. The number of hydrogen-bond acceptors (Lipinski definition) is 4. The molecule has 0 aliphatic heterocycles. The number of benzene rings is 1. The SMILES string of the molecule is C/C=C/C(=O)Nc1ccc(NC(=O)c2cccc(N(C)C)c2)cn1. The standard InChI is InChI=1S/C18H20N4O2/c1-4-6-17(23)21-16-10-9-14(12-19-16)20-18(24)13-7-5-8-15(11-13)22(2)3/h4-12H,1-3H3,(H,20,24)(H,19,21,23)/b6-4+. The van der Waals surface area contributed by atoms with Gasteiger partial charge in [0, 0.05) is 25.3 Å². The number of pyridine rings is 1. The quantitative estimate of drug-likeness (QED) is 0.829. The summed E-state index contributed by atoms with van der Waals surface area (Å²) in [6.07, 6.45) is 4.56. The second kappa shape index (κ2) is 7.92. The Labute approximate surface area is 141 Å². The lowest BCUT2D eigenvalue weighted by molar-refractivity contribution is -0.111. The first-order valence-electron chi connectivity index (χ1n) is 7.48. The van der Waals surface area contributed by atoms with Crippen LogP contribution in [-0.2, 0) is 4.79 Å². The highest BCUT2D eigenvalue weighted by Gasteiger charge is 2.08. The fraction of sp³-hybridized carbons (Fsp3) is 0.167. The van der Waals surface area contributed by atoms with Gasteiger partial charge in [-0.05, 0) is 43.3 Å². The van der Waals surface area contributed by atoms with E-state index >= 15 is 0 Å². The van der Waals surface area contributed by atoms with Gasteiger partial charge in [-0.15, -0.1) is 0 Å². The number of rotatable bonds is 5. The van der Waals surface area contributed by atoms with Crippen molar-refractivity contribution in [2.45, 2.75) is 6.92 Å². The monoisotopic (exact) mass is 324 g/mol. The number of amides is 2. The van der Waals surface area contributed by atoms with Crippen molar-refractivity contribution in [2.24, 2.45) is 0 Å². The third-order valence-corrected chi connectivity index (χ3v) is 3.22. The van der Waals surface area contributed by atoms with Crippen molar-refractivity contribution in [3.63, 3.8) is 0 Å². The molecule has 124 valence electrons. The number of allylic oxidation sites excluding steroid dienone is 1. The Morgan fingerprint density at radius 3 is 2.54 bits per heavy atom. The van der Waals surface area contributed by atoms with E-state index in [9.17, 15) is 9.59 Å². The Balaban J connectivity index is 2.04. The summed E-state index contributed by atoms with van der Waals surface area (Å²) in [5.74, 6) is -0.0424. The third-order valence-electron chi connectivity index (χ3n) is 3.22. The van der Waals surface area contributed by atoms with Crippen LogP contribution in [-0.4, -0.2) is 30.9 Å². The molecule has 0 bridgehead atoms. The molecule has 1 aromatic heterocycles. The topological polar surface area (TPSA) is 74.3 Å². The predicted octanol–water partition coefficient (Wildman–Crippen LogP) is 2.91. The summed E-state index contributed by atoms with van der Waals surface area (Å²) >= 11 is 0. The van der Waals surface area contributed by atoms with E-state index < -0.39 is 0 Å². The van der Waals surface area contributed by atoms with Gasteiger partial charge in [0.1, 0.15) is 5.82 Å². The number of aromatic nitrogens is 1. The molecule has 0 fully saturated rings. The first kappa shape index (κ1) is 17.2. The molecule has 0 spiro atoms. The lowest BCUT2D eigenvalue weighted by atomic mass is 10.2. The zero-order valence-electron chi connectivity index (χ0n) is 13.9. The molecule has 24 heavy (non-hydrogen) atoms. The highest BCUT2D eigenvalue weighted by Crippen LogP contribution is 2.16. The van der Waals surface area contributed by atoms with Gasteiger partial charge in [-0.2, -0.15) is 0 Å². The first-order chi connectivity index (χ1) is 11.5. The van der Waals surface area contributed by atoms with Crippen molar-refractivity contribution in [3.8, 4) is 0 Å². The molecule has 0 saturated carbocycles. The van der Waals surface area contributed by atoms with Gasteiger partial charge in [-0.3, -0.25) is 9.59 Å². The van der Waals surface area contributed by atoms with Crippen LogP contribution in [0, 0.1) is 0 Å². The molecular formula is C18H20N4O2. The smallest absolute Gasteiger partial charge is 0.255 e. The predicted molar refractivity (Wildman–Crippen MR) is 96.4 cm³/mol. The van der Waals surface area contributed by atoms with E-state index in [1.165, 1.54) is 12.3 Å². The van der Waals surface area contributed by atoms with Gasteiger partial charge in [0.15, 0.2) is 0 Å². The van der Waals surface area contributed by atoms with E-state index in [0.717, 1.165) is 5.69 Å². The maximum absolute atomic E-state index is 12.3. The highest BCUT2D eigenvalue weighted by molar-refractivity contribution is 6.05. The zero-order valence-corrected chi connectivity index (χ0v) is 13.9. The van der Waals surface area contributed by atoms with Crippen LogP contribution in [0.4, 0.5) is 17.2 Å². The molecule has 0 atom stereocenters. The molecule has 6 heteroatoms. The fourth-order valence-corrected chi connectivity index (χ4v) is 1.99. The van der Waals surface area contributed by atoms with Crippen molar-refractivity contribution in [1.82, 2.24) is 4.98 Å². The molecule has 2 amide bonds. The average molecular weight is 324 g/mol. The summed E-state index contributed by atoms with van der Waals surface area (Å²) < 4.78 is 0. The van der Waals surface area contributed by atoms with Crippen LogP contribution in [0.25, 0.3) is 0 Å². The largest absolute Gasteiger partial charge is 0.378 e. The first-order valence-corrected chi connectivity index (χ1v) is 7.48. The number of nitrogens with zero attached hydrogens (tertiary/aromatic N) is 2. The zero-order chi connectivity index (χ0) is 17.5. The van der Waals surface area contributed by atoms with Crippen LogP contribution < -0.4 is 15.5 Å². The molecule has 6 nitrogen and oxygen atoms in total. The van der Waals surface area contributed by atoms with Crippen molar-refractivity contribution < 1.29 is 9.59 Å². The molecule has 0 aliphatic carbocycles. The van der Waals surface area contributed by atoms with Crippen LogP contribution in [0.2, 0.25) is 0 Å². The van der Waals surface area contributed by atoms with Gasteiger partial charge >= 0.3 is 0 Å². The molecule has 2 rings (SSSR count). The highest BCUT2D eigenvalue weighted by atomic mass is 16.2. The molecule has 0 radical (unpaired) electrons. The Morgan fingerprint density at radius 1 is 1.12 bits per heavy atom. The van der Waals surface area contributed by atoms with Gasteiger partial charge in [0.2, 0.25) is 5.91 Å². The lowest BCUT2D eigenvalue weighted by Gasteiger charge is -2.13. The normalized spacial score (nSPS) is 10.5. The van der Waals surface area contributed by atoms with E-state index in [-0.39, 0.29) is 11.8 Å². The number of carbonyl (C=O) groups excluding carboxylic acids is 2. The molecular weight excluding hydrogens is 304 g/mol. The summed E-state index contributed by atoms with van der Waals surface area (Å²) in [5, 5.41) is 5.40. The van der Waals surface area contributed by atoms with Gasteiger partial charge in [-0.25, -0.2) is 4.98 Å². The summed E-state index contributed by atoms with van der Waals surface area (Å²) in [7, 11) is 3.84. The minimum absolute atomic E-state index is 0.216. The Bertz CT molecular complexity index is 752. The maximum atomic E-state index is 12.3. The van der Waals surface area contributed by atoms with E-state index in [0.29, 0.717) is 17.1 Å². The number of hydrogen-bond donors (Lipinski definition) is 2. The van der Waals surface area contributed by atoms with Gasteiger partial charge in [0.25, 0.3) is 5.91 Å². The van der Waals surface area contributed by atoms with Crippen LogP contribution in [0.5, 0.6) is 0 Å². The number of anilines is 3. The lowest BCUT2D eigenvalue weighted by Crippen LogP contribution is -2.14. The minimum atomic E-state index is -0.248. The molecule has 1 heterocycles. The summed E-state index contributed by atoms with van der Waals surface area (Å²) in [6, 6.07) is 10.7. The molecule has 0 aliphatic rings. The molecule has 1 aromatic carbocycles. The summed E-state index contributed by atoms with van der Waals surface area (Å²) in [5.41, 5.74) is 2.06. The second-order valence-corrected chi connectivity index (χ2v) is 5.32. The Kier molecular flexibility index (Phi) is 5.68. The number of nitrogens with one attached hydrogen (secondary N) is 2. The molecule has 0 saturated heterocycles. The molecule has 0 unspecified atom stereocenters.